The Bertz CT molecular complexity index is 435. The molecule has 2 aliphatic carbocycles. The smallest absolute Gasteiger partial charge is 0.238 e. The molecule has 2 amide bonds. The minimum atomic E-state index is -0.0242. The minimum absolute atomic E-state index is 0.0242. The first-order valence-electron chi connectivity index (χ1n) is 8.13. The maximum atomic E-state index is 12.6. The molecule has 2 heterocycles. The summed E-state index contributed by atoms with van der Waals surface area (Å²) in [5, 5.41) is 0. The number of amides is 2. The molecule has 0 unspecified atom stereocenters. The molecule has 1 N–H and O–H groups in total. The summed E-state index contributed by atoms with van der Waals surface area (Å²) in [6.45, 7) is 2.83. The number of hydrogen-bond donors (Lipinski definition) is 1. The Morgan fingerprint density at radius 2 is 1.50 bits per heavy atom. The van der Waals surface area contributed by atoms with Crippen LogP contribution in [-0.4, -0.2) is 36.5 Å². The van der Waals surface area contributed by atoms with Gasteiger partial charge in [0.2, 0.25) is 11.8 Å². The second-order valence-electron chi connectivity index (χ2n) is 6.93. The van der Waals surface area contributed by atoms with Crippen molar-refractivity contribution in [2.45, 2.75) is 32.1 Å². The Kier molecular flexibility index (Phi) is 2.95. The summed E-state index contributed by atoms with van der Waals surface area (Å²) >= 11 is 0. The molecule has 0 aromatic rings. The fourth-order valence-corrected chi connectivity index (χ4v) is 4.73. The lowest BCUT2D eigenvalue weighted by Gasteiger charge is -2.23. The number of hydrogen-bond acceptors (Lipinski definition) is 2. The molecule has 4 nitrogen and oxygen atoms in total. The van der Waals surface area contributed by atoms with Gasteiger partial charge in [0.05, 0.1) is 24.9 Å². The van der Waals surface area contributed by atoms with Crippen LogP contribution in [0.25, 0.3) is 0 Å². The molecule has 108 valence electrons. The zero-order chi connectivity index (χ0) is 13.7. The summed E-state index contributed by atoms with van der Waals surface area (Å²) in [5.41, 5.74) is 0. The van der Waals surface area contributed by atoms with Gasteiger partial charge in [0, 0.05) is 0 Å². The maximum Gasteiger partial charge on any atom is 0.238 e. The third kappa shape index (κ3) is 1.77. The molecule has 0 spiro atoms. The van der Waals surface area contributed by atoms with Crippen molar-refractivity contribution in [3.63, 3.8) is 0 Å². The van der Waals surface area contributed by atoms with Crippen molar-refractivity contribution in [1.82, 2.24) is 4.90 Å². The van der Waals surface area contributed by atoms with Gasteiger partial charge in [-0.3, -0.25) is 9.59 Å². The van der Waals surface area contributed by atoms with E-state index >= 15 is 0 Å². The number of likely N-dealkylation sites (tertiary alicyclic amines) is 2. The van der Waals surface area contributed by atoms with Gasteiger partial charge in [-0.2, -0.15) is 0 Å². The number of rotatable bonds is 2. The number of carbonyl (C=O) groups is 2. The van der Waals surface area contributed by atoms with E-state index in [4.69, 9.17) is 0 Å². The van der Waals surface area contributed by atoms with E-state index in [9.17, 15) is 9.59 Å². The number of carbonyl (C=O) groups excluding carboxylic acids is 2. The van der Waals surface area contributed by atoms with Gasteiger partial charge in [-0.25, -0.2) is 4.90 Å². The van der Waals surface area contributed by atoms with Crippen molar-refractivity contribution in [2.75, 3.05) is 19.8 Å². The topological polar surface area (TPSA) is 41.8 Å². The lowest BCUT2D eigenvalue weighted by molar-refractivity contribution is -0.906. The number of imide groups is 1. The standard InChI is InChI=1S/C16H22N2O2/c19-15-13-11-5-6-12(9-11)14(13)16(20)18(15)10-17-7-3-1-2-4-8-17/h5-6,11-14H,1-4,7-10H2/p+1/t11-,12-,13-,14+/m0/s1. The van der Waals surface area contributed by atoms with Crippen LogP contribution in [0.1, 0.15) is 32.1 Å². The van der Waals surface area contributed by atoms with E-state index in [1.165, 1.54) is 30.6 Å². The third-order valence-electron chi connectivity index (χ3n) is 5.75. The van der Waals surface area contributed by atoms with Gasteiger partial charge in [0.25, 0.3) is 0 Å². The van der Waals surface area contributed by atoms with Crippen LogP contribution in [0.4, 0.5) is 0 Å². The van der Waals surface area contributed by atoms with E-state index in [2.05, 4.69) is 12.2 Å². The number of allylic oxidation sites excluding steroid dienone is 2. The summed E-state index contributed by atoms with van der Waals surface area (Å²) in [6.07, 6.45) is 10.4. The molecule has 4 heteroatoms. The normalized spacial score (nSPS) is 40.5. The van der Waals surface area contributed by atoms with Crippen LogP contribution < -0.4 is 4.90 Å². The van der Waals surface area contributed by atoms with Gasteiger partial charge in [-0.15, -0.1) is 0 Å². The van der Waals surface area contributed by atoms with Crippen LogP contribution in [0.3, 0.4) is 0 Å². The first-order chi connectivity index (χ1) is 9.75. The van der Waals surface area contributed by atoms with E-state index in [0.29, 0.717) is 18.5 Å². The molecule has 0 radical (unpaired) electrons. The fraction of sp³-hybridized carbons (Fsp3) is 0.750. The maximum absolute atomic E-state index is 12.6. The second kappa shape index (κ2) is 4.69. The molecule has 4 aliphatic rings. The van der Waals surface area contributed by atoms with Gasteiger partial charge >= 0.3 is 0 Å². The number of fused-ring (bicyclic) bond motifs is 5. The quantitative estimate of drug-likeness (QED) is 0.578. The number of quaternary nitrogens is 1. The van der Waals surface area contributed by atoms with Gasteiger partial charge in [0.15, 0.2) is 6.67 Å². The molecule has 2 bridgehead atoms. The molecule has 4 atom stereocenters. The Morgan fingerprint density at radius 3 is 2.05 bits per heavy atom. The first-order valence-corrected chi connectivity index (χ1v) is 8.13. The minimum Gasteiger partial charge on any atom is -0.317 e. The van der Waals surface area contributed by atoms with E-state index < -0.39 is 0 Å². The second-order valence-corrected chi connectivity index (χ2v) is 6.93. The highest BCUT2D eigenvalue weighted by Gasteiger charge is 2.59. The van der Waals surface area contributed by atoms with E-state index in [1.54, 1.807) is 4.90 Å². The predicted molar refractivity (Wildman–Crippen MR) is 73.6 cm³/mol. The monoisotopic (exact) mass is 275 g/mol. The van der Waals surface area contributed by atoms with Crippen molar-refractivity contribution in [1.29, 1.82) is 0 Å². The largest absolute Gasteiger partial charge is 0.317 e. The van der Waals surface area contributed by atoms with Crippen molar-refractivity contribution >= 4 is 11.8 Å². The highest BCUT2D eigenvalue weighted by molar-refractivity contribution is 6.06. The SMILES string of the molecule is O=C1[C@@H]2[C@H](C(=O)N1C[NH+]1CCCCCC1)[C@H]1C=C[C@H]2C1. The summed E-state index contributed by atoms with van der Waals surface area (Å²) in [4.78, 5) is 28.2. The molecule has 1 saturated carbocycles. The first kappa shape index (κ1) is 12.6. The highest BCUT2D eigenvalue weighted by atomic mass is 16.2. The fourth-order valence-electron chi connectivity index (χ4n) is 4.73. The lowest BCUT2D eigenvalue weighted by Crippen LogP contribution is -3.13. The molecule has 0 aromatic carbocycles. The Balaban J connectivity index is 1.50. The third-order valence-corrected chi connectivity index (χ3v) is 5.75. The zero-order valence-electron chi connectivity index (χ0n) is 11.9. The Hall–Kier alpha value is -1.16. The van der Waals surface area contributed by atoms with Crippen LogP contribution in [-0.2, 0) is 9.59 Å². The van der Waals surface area contributed by atoms with Crippen molar-refractivity contribution in [2.24, 2.45) is 23.7 Å². The molecule has 2 saturated heterocycles. The van der Waals surface area contributed by atoms with Crippen molar-refractivity contribution in [3.8, 4) is 0 Å². The van der Waals surface area contributed by atoms with Crippen molar-refractivity contribution in [3.05, 3.63) is 12.2 Å². The predicted octanol–water partition coefficient (Wildman–Crippen LogP) is 0.210. The average Bonchev–Trinajstić information content (AvgIpc) is 3.04. The van der Waals surface area contributed by atoms with Crippen LogP contribution in [0.5, 0.6) is 0 Å². The van der Waals surface area contributed by atoms with E-state index in [1.807, 2.05) is 0 Å². The molecule has 20 heavy (non-hydrogen) atoms. The Labute approximate surface area is 119 Å². The Morgan fingerprint density at radius 1 is 0.950 bits per heavy atom. The number of nitrogens with one attached hydrogen (secondary N) is 1. The van der Waals surface area contributed by atoms with E-state index in [-0.39, 0.29) is 23.7 Å². The molecular weight excluding hydrogens is 252 g/mol. The molecule has 4 rings (SSSR count). The van der Waals surface area contributed by atoms with Crippen LogP contribution in [0, 0.1) is 23.7 Å². The summed E-state index contributed by atoms with van der Waals surface area (Å²) < 4.78 is 0. The summed E-state index contributed by atoms with van der Waals surface area (Å²) in [7, 11) is 0. The molecule has 0 aromatic heterocycles. The molecule has 3 fully saturated rings. The zero-order valence-corrected chi connectivity index (χ0v) is 11.9. The van der Waals surface area contributed by atoms with Gasteiger partial charge < -0.3 is 4.90 Å². The number of nitrogens with zero attached hydrogens (tertiary/aromatic N) is 1. The van der Waals surface area contributed by atoms with Crippen LogP contribution >= 0.6 is 0 Å². The molecular formula is C16H23N2O2+. The van der Waals surface area contributed by atoms with Crippen molar-refractivity contribution < 1.29 is 14.5 Å². The van der Waals surface area contributed by atoms with Crippen LogP contribution in [0.2, 0.25) is 0 Å². The van der Waals surface area contributed by atoms with Gasteiger partial charge in [-0.05, 0) is 43.9 Å². The average molecular weight is 275 g/mol. The van der Waals surface area contributed by atoms with Crippen LogP contribution in [0.15, 0.2) is 12.2 Å². The lowest BCUT2D eigenvalue weighted by atomic mass is 9.85. The van der Waals surface area contributed by atoms with Gasteiger partial charge in [-0.1, -0.05) is 12.2 Å². The highest BCUT2D eigenvalue weighted by Crippen LogP contribution is 2.52. The van der Waals surface area contributed by atoms with Gasteiger partial charge in [0.1, 0.15) is 0 Å². The summed E-state index contributed by atoms with van der Waals surface area (Å²) in [5.74, 6) is 0.867. The summed E-state index contributed by atoms with van der Waals surface area (Å²) in [6, 6.07) is 0. The molecule has 2 aliphatic heterocycles. The van der Waals surface area contributed by atoms with E-state index in [0.717, 1.165) is 19.5 Å².